The van der Waals surface area contributed by atoms with Gasteiger partial charge in [-0.3, -0.25) is 9.10 Å². The Morgan fingerprint density at radius 2 is 1.74 bits per heavy atom. The Morgan fingerprint density at radius 1 is 1.15 bits per heavy atom. The van der Waals surface area contributed by atoms with E-state index in [0.717, 1.165) is 21.7 Å². The van der Waals surface area contributed by atoms with Crippen molar-refractivity contribution in [1.82, 2.24) is 5.32 Å². The maximum Gasteiger partial charge on any atom is 0.244 e. The molecule has 0 fully saturated rings. The Balaban J connectivity index is 2.29. The molecule has 0 heterocycles. The average Bonchev–Trinajstić information content (AvgIpc) is 2.61. The molecule has 0 spiro atoms. The zero-order chi connectivity index (χ0) is 20.2. The van der Waals surface area contributed by atoms with Gasteiger partial charge in [0.2, 0.25) is 15.9 Å². The van der Waals surface area contributed by atoms with Gasteiger partial charge < -0.3 is 5.32 Å². The number of carbonyl (C=O) groups is 1. The minimum absolute atomic E-state index is 0.147. The number of rotatable bonds is 7. The highest BCUT2D eigenvalue weighted by Gasteiger charge is 2.31. The highest BCUT2D eigenvalue weighted by atomic mass is 32.2. The Hall–Kier alpha value is -2.41. The van der Waals surface area contributed by atoms with E-state index in [-0.39, 0.29) is 11.7 Å². The summed E-state index contributed by atoms with van der Waals surface area (Å²) in [6.45, 7) is 5.36. The fraction of sp³-hybridized carbons (Fsp3) is 0.350. The van der Waals surface area contributed by atoms with E-state index in [1.807, 2.05) is 38.1 Å². The smallest absolute Gasteiger partial charge is 0.244 e. The SMILES string of the molecule is CC[C@@H](NC(=O)[C@@H](C)N(c1ccccc1F)S(C)(=O)=O)c1ccc(C)cc1. The second-order valence-corrected chi connectivity index (χ2v) is 8.43. The second kappa shape index (κ2) is 8.52. The molecule has 0 unspecified atom stereocenters. The van der Waals surface area contributed by atoms with Crippen molar-refractivity contribution in [1.29, 1.82) is 0 Å². The van der Waals surface area contributed by atoms with Gasteiger partial charge in [0.05, 0.1) is 18.0 Å². The number of nitrogens with one attached hydrogen (secondary N) is 1. The van der Waals surface area contributed by atoms with Crippen LogP contribution in [0, 0.1) is 12.7 Å². The van der Waals surface area contributed by atoms with E-state index in [2.05, 4.69) is 5.32 Å². The second-order valence-electron chi connectivity index (χ2n) is 6.57. The van der Waals surface area contributed by atoms with E-state index in [9.17, 15) is 17.6 Å². The first-order valence-electron chi connectivity index (χ1n) is 8.76. The highest BCUT2D eigenvalue weighted by molar-refractivity contribution is 7.92. The quantitative estimate of drug-likeness (QED) is 0.784. The third-order valence-electron chi connectivity index (χ3n) is 4.38. The lowest BCUT2D eigenvalue weighted by atomic mass is 10.0. The Morgan fingerprint density at radius 3 is 2.26 bits per heavy atom. The highest BCUT2D eigenvalue weighted by Crippen LogP contribution is 2.25. The summed E-state index contributed by atoms with van der Waals surface area (Å²) < 4.78 is 39.6. The van der Waals surface area contributed by atoms with Crippen molar-refractivity contribution in [2.45, 2.75) is 39.3 Å². The number of hydrogen-bond acceptors (Lipinski definition) is 3. The van der Waals surface area contributed by atoms with Gasteiger partial charge in [0, 0.05) is 0 Å². The monoisotopic (exact) mass is 392 g/mol. The molecule has 0 aliphatic carbocycles. The fourth-order valence-corrected chi connectivity index (χ4v) is 4.10. The van der Waals surface area contributed by atoms with Crippen LogP contribution < -0.4 is 9.62 Å². The van der Waals surface area contributed by atoms with E-state index in [1.54, 1.807) is 0 Å². The van der Waals surface area contributed by atoms with Gasteiger partial charge in [-0.15, -0.1) is 0 Å². The van der Waals surface area contributed by atoms with E-state index < -0.39 is 27.8 Å². The van der Waals surface area contributed by atoms with Gasteiger partial charge >= 0.3 is 0 Å². The maximum atomic E-state index is 14.2. The van der Waals surface area contributed by atoms with Gasteiger partial charge in [0.1, 0.15) is 11.9 Å². The number of anilines is 1. The van der Waals surface area contributed by atoms with Gasteiger partial charge in [0.15, 0.2) is 0 Å². The number of amides is 1. The van der Waals surface area contributed by atoms with E-state index in [4.69, 9.17) is 0 Å². The van der Waals surface area contributed by atoms with Crippen molar-refractivity contribution in [3.8, 4) is 0 Å². The first kappa shape index (κ1) is 20.9. The summed E-state index contributed by atoms with van der Waals surface area (Å²) in [7, 11) is -3.86. The molecule has 0 saturated carbocycles. The lowest BCUT2D eigenvalue weighted by Gasteiger charge is -2.30. The van der Waals surface area contributed by atoms with Crippen LogP contribution in [0.25, 0.3) is 0 Å². The zero-order valence-electron chi connectivity index (χ0n) is 15.9. The number of halogens is 1. The Bertz CT molecular complexity index is 898. The van der Waals surface area contributed by atoms with E-state index in [0.29, 0.717) is 6.42 Å². The minimum Gasteiger partial charge on any atom is -0.347 e. The first-order valence-corrected chi connectivity index (χ1v) is 10.6. The number of nitrogens with zero attached hydrogens (tertiary/aromatic N) is 1. The van der Waals surface area contributed by atoms with Crippen LogP contribution in [0.5, 0.6) is 0 Å². The third kappa shape index (κ3) is 5.07. The summed E-state index contributed by atoms with van der Waals surface area (Å²) in [4.78, 5) is 12.8. The fourth-order valence-electron chi connectivity index (χ4n) is 2.92. The van der Waals surface area contributed by atoms with Gasteiger partial charge in [-0.2, -0.15) is 0 Å². The summed E-state index contributed by atoms with van der Waals surface area (Å²) in [5, 5.41) is 2.88. The minimum atomic E-state index is -3.86. The van der Waals surface area contributed by atoms with Crippen LogP contribution >= 0.6 is 0 Å². The van der Waals surface area contributed by atoms with Crippen molar-refractivity contribution >= 4 is 21.6 Å². The van der Waals surface area contributed by atoms with Crippen LogP contribution in [0.3, 0.4) is 0 Å². The normalized spacial score (nSPS) is 13.7. The third-order valence-corrected chi connectivity index (χ3v) is 5.61. The standard InChI is InChI=1S/C20H25FN2O3S/c1-5-18(16-12-10-14(2)11-13-16)22-20(24)15(3)23(27(4,25)26)19-9-7-6-8-17(19)21/h6-13,15,18H,5H2,1-4H3,(H,22,24)/t15-,18-/m1/s1. The molecule has 2 rings (SSSR count). The van der Waals surface area contributed by atoms with Gasteiger partial charge in [-0.05, 0) is 38.0 Å². The molecule has 0 aliphatic rings. The molecule has 0 aromatic heterocycles. The average molecular weight is 392 g/mol. The molecule has 2 aromatic carbocycles. The molecule has 0 radical (unpaired) electrons. The largest absolute Gasteiger partial charge is 0.347 e. The van der Waals surface area contributed by atoms with Crippen LogP contribution in [-0.4, -0.2) is 26.6 Å². The molecule has 1 amide bonds. The van der Waals surface area contributed by atoms with Crippen molar-refractivity contribution in [3.63, 3.8) is 0 Å². The molecule has 146 valence electrons. The lowest BCUT2D eigenvalue weighted by Crippen LogP contribution is -2.48. The molecule has 1 N–H and O–H groups in total. The zero-order valence-corrected chi connectivity index (χ0v) is 16.8. The summed E-state index contributed by atoms with van der Waals surface area (Å²) in [6, 6.07) is 11.9. The first-order chi connectivity index (χ1) is 12.6. The lowest BCUT2D eigenvalue weighted by molar-refractivity contribution is -0.122. The topological polar surface area (TPSA) is 66.5 Å². The molecule has 0 bridgehead atoms. The molecule has 0 saturated heterocycles. The number of aryl methyl sites for hydroxylation is 1. The summed E-state index contributed by atoms with van der Waals surface area (Å²) in [5.74, 6) is -1.19. The van der Waals surface area contributed by atoms with Crippen LogP contribution in [0.4, 0.5) is 10.1 Å². The molecular formula is C20H25FN2O3S. The summed E-state index contributed by atoms with van der Waals surface area (Å²) in [5.41, 5.74) is 1.89. The van der Waals surface area contributed by atoms with Gasteiger partial charge in [0.25, 0.3) is 0 Å². The van der Waals surface area contributed by atoms with E-state index >= 15 is 0 Å². The molecule has 0 aliphatic heterocycles. The van der Waals surface area contributed by atoms with Crippen LogP contribution in [0.15, 0.2) is 48.5 Å². The summed E-state index contributed by atoms with van der Waals surface area (Å²) >= 11 is 0. The molecular weight excluding hydrogens is 367 g/mol. The molecule has 27 heavy (non-hydrogen) atoms. The predicted octanol–water partition coefficient (Wildman–Crippen LogP) is 3.56. The number of para-hydroxylation sites is 1. The Kier molecular flexibility index (Phi) is 6.59. The number of benzene rings is 2. The van der Waals surface area contributed by atoms with E-state index in [1.165, 1.54) is 31.2 Å². The number of sulfonamides is 1. The van der Waals surface area contributed by atoms with Crippen LogP contribution in [-0.2, 0) is 14.8 Å². The van der Waals surface area contributed by atoms with Crippen LogP contribution in [0.2, 0.25) is 0 Å². The van der Waals surface area contributed by atoms with Crippen molar-refractivity contribution in [3.05, 3.63) is 65.5 Å². The van der Waals surface area contributed by atoms with Crippen LogP contribution in [0.1, 0.15) is 37.4 Å². The predicted molar refractivity (Wildman–Crippen MR) is 106 cm³/mol. The Labute approximate surface area is 160 Å². The maximum absolute atomic E-state index is 14.2. The number of hydrogen-bond donors (Lipinski definition) is 1. The molecule has 7 heteroatoms. The van der Waals surface area contributed by atoms with Gasteiger partial charge in [-0.25, -0.2) is 12.8 Å². The van der Waals surface area contributed by atoms with Crippen molar-refractivity contribution in [2.75, 3.05) is 10.6 Å². The molecule has 2 aromatic rings. The molecule has 2 atom stereocenters. The summed E-state index contributed by atoms with van der Waals surface area (Å²) in [6.07, 6.45) is 1.60. The molecule has 5 nitrogen and oxygen atoms in total. The number of carbonyl (C=O) groups excluding carboxylic acids is 1. The van der Waals surface area contributed by atoms with Crippen molar-refractivity contribution in [2.24, 2.45) is 0 Å². The van der Waals surface area contributed by atoms with Crippen molar-refractivity contribution < 1.29 is 17.6 Å². The van der Waals surface area contributed by atoms with Gasteiger partial charge in [-0.1, -0.05) is 48.9 Å².